The Kier molecular flexibility index (Phi) is 2.94. The average molecular weight is 282 g/mol. The van der Waals surface area contributed by atoms with Crippen LogP contribution in [-0.4, -0.2) is 21.0 Å². The Morgan fingerprint density at radius 3 is 2.80 bits per heavy atom. The van der Waals surface area contributed by atoms with Crippen molar-refractivity contribution in [2.75, 3.05) is 0 Å². The number of nitrogens with one attached hydrogen (secondary N) is 1. The summed E-state index contributed by atoms with van der Waals surface area (Å²) in [6, 6.07) is 6.85. The van der Waals surface area contributed by atoms with E-state index >= 15 is 0 Å². The van der Waals surface area contributed by atoms with Gasteiger partial charge in [0.2, 0.25) is 0 Å². The van der Waals surface area contributed by atoms with Gasteiger partial charge in [-0.1, -0.05) is 0 Å². The second-order valence-electron chi connectivity index (χ2n) is 5.05. The van der Waals surface area contributed by atoms with Gasteiger partial charge in [0.05, 0.1) is 11.0 Å². The van der Waals surface area contributed by atoms with Crippen molar-refractivity contribution in [3.8, 4) is 10.6 Å². The van der Waals surface area contributed by atoms with Gasteiger partial charge in [0.15, 0.2) is 0 Å². The maximum Gasteiger partial charge on any atom is 0.123 e. The topological polar surface area (TPSA) is 50.7 Å². The summed E-state index contributed by atoms with van der Waals surface area (Å²) in [5.74, 6) is 0. The highest BCUT2D eigenvalue weighted by Crippen LogP contribution is 2.27. The van der Waals surface area contributed by atoms with Gasteiger partial charge in [-0.15, -0.1) is 11.3 Å². The van der Waals surface area contributed by atoms with Crippen molar-refractivity contribution < 1.29 is 0 Å². The molecule has 0 atom stereocenters. The second-order valence-corrected chi connectivity index (χ2v) is 6.16. The fourth-order valence-electron chi connectivity index (χ4n) is 2.15. The molecular formula is C15H14N4S. The van der Waals surface area contributed by atoms with Crippen LogP contribution < -0.4 is 5.32 Å². The summed E-state index contributed by atoms with van der Waals surface area (Å²) in [7, 11) is 0. The summed E-state index contributed by atoms with van der Waals surface area (Å²) in [4.78, 5) is 14.4. The zero-order chi connectivity index (χ0) is 13.4. The molecule has 1 saturated carbocycles. The van der Waals surface area contributed by atoms with Gasteiger partial charge >= 0.3 is 0 Å². The lowest BCUT2D eigenvalue weighted by atomic mass is 10.2. The summed E-state index contributed by atoms with van der Waals surface area (Å²) >= 11 is 1.74. The number of hydrogen-bond acceptors (Lipinski definition) is 5. The zero-order valence-electron chi connectivity index (χ0n) is 10.9. The van der Waals surface area contributed by atoms with Crippen LogP contribution in [0.1, 0.15) is 17.7 Å². The van der Waals surface area contributed by atoms with E-state index in [0.717, 1.165) is 34.2 Å². The number of aromatic nitrogens is 3. The van der Waals surface area contributed by atoms with Crippen molar-refractivity contribution in [3.05, 3.63) is 41.7 Å². The highest BCUT2D eigenvalue weighted by molar-refractivity contribution is 7.15. The smallest absolute Gasteiger partial charge is 0.123 e. The third kappa shape index (κ3) is 2.42. The third-order valence-electron chi connectivity index (χ3n) is 3.41. The van der Waals surface area contributed by atoms with Crippen molar-refractivity contribution in [2.24, 2.45) is 0 Å². The van der Waals surface area contributed by atoms with Crippen LogP contribution >= 0.6 is 11.3 Å². The van der Waals surface area contributed by atoms with E-state index in [-0.39, 0.29) is 0 Å². The van der Waals surface area contributed by atoms with Gasteiger partial charge in [0.25, 0.3) is 0 Å². The largest absolute Gasteiger partial charge is 0.309 e. The summed E-state index contributed by atoms with van der Waals surface area (Å²) in [5.41, 5.74) is 2.95. The first-order valence-corrected chi connectivity index (χ1v) is 7.59. The Balaban J connectivity index is 1.60. The normalized spacial score (nSPS) is 14.8. The van der Waals surface area contributed by atoms with E-state index in [9.17, 15) is 0 Å². The molecule has 0 saturated heterocycles. The maximum atomic E-state index is 4.52. The van der Waals surface area contributed by atoms with Gasteiger partial charge in [-0.25, -0.2) is 4.98 Å². The number of hydrogen-bond donors (Lipinski definition) is 1. The monoisotopic (exact) mass is 282 g/mol. The molecule has 3 aromatic rings. The van der Waals surface area contributed by atoms with Crippen molar-refractivity contribution in [3.63, 3.8) is 0 Å². The van der Waals surface area contributed by atoms with Gasteiger partial charge in [-0.2, -0.15) is 0 Å². The predicted octanol–water partition coefficient (Wildman–Crippen LogP) is 3.01. The minimum atomic E-state index is 0.733. The Labute approximate surface area is 120 Å². The van der Waals surface area contributed by atoms with Crippen LogP contribution in [0.3, 0.4) is 0 Å². The first-order chi connectivity index (χ1) is 9.88. The van der Waals surface area contributed by atoms with E-state index in [1.807, 2.05) is 12.3 Å². The van der Waals surface area contributed by atoms with Crippen molar-refractivity contribution in [1.29, 1.82) is 0 Å². The maximum absolute atomic E-state index is 4.52. The Hall–Kier alpha value is -1.85. The predicted molar refractivity (Wildman–Crippen MR) is 80.5 cm³/mol. The number of benzene rings is 1. The van der Waals surface area contributed by atoms with E-state index in [2.05, 4.69) is 32.4 Å². The first-order valence-electron chi connectivity index (χ1n) is 6.78. The molecule has 4 nitrogen and oxygen atoms in total. The minimum Gasteiger partial charge on any atom is -0.309 e. The van der Waals surface area contributed by atoms with Gasteiger partial charge in [-0.3, -0.25) is 9.97 Å². The summed E-state index contributed by atoms with van der Waals surface area (Å²) in [6.45, 7) is 0.926. The first kappa shape index (κ1) is 11.9. The van der Waals surface area contributed by atoms with Crippen LogP contribution in [0, 0.1) is 0 Å². The molecule has 5 heteroatoms. The molecule has 0 radical (unpaired) electrons. The van der Waals surface area contributed by atoms with E-state index in [1.165, 1.54) is 17.7 Å². The van der Waals surface area contributed by atoms with Crippen LogP contribution in [0.15, 0.2) is 36.8 Å². The molecule has 4 rings (SSSR count). The fourth-order valence-corrected chi connectivity index (χ4v) is 3.01. The van der Waals surface area contributed by atoms with Crippen molar-refractivity contribution in [1.82, 2.24) is 20.3 Å². The molecule has 0 bridgehead atoms. The van der Waals surface area contributed by atoms with E-state index in [0.29, 0.717) is 0 Å². The van der Waals surface area contributed by atoms with E-state index in [1.54, 1.807) is 23.7 Å². The molecule has 1 fully saturated rings. The standard InChI is InChI=1S/C15H14N4S/c1-4-13-14(17-6-5-16-13)7-10(1)15-19-9-12(20-15)8-18-11-2-3-11/h1,4-7,9,11,18H,2-3,8H2. The van der Waals surface area contributed by atoms with Gasteiger partial charge in [0.1, 0.15) is 5.01 Å². The lowest BCUT2D eigenvalue weighted by Crippen LogP contribution is -2.14. The van der Waals surface area contributed by atoms with E-state index < -0.39 is 0 Å². The molecular weight excluding hydrogens is 268 g/mol. The number of thiazole rings is 1. The summed E-state index contributed by atoms with van der Waals surface area (Å²) in [5, 5.41) is 4.56. The molecule has 2 heterocycles. The van der Waals surface area contributed by atoms with Crippen LogP contribution in [0.4, 0.5) is 0 Å². The van der Waals surface area contributed by atoms with Crippen molar-refractivity contribution >= 4 is 22.4 Å². The molecule has 0 spiro atoms. The van der Waals surface area contributed by atoms with E-state index in [4.69, 9.17) is 0 Å². The number of rotatable bonds is 4. The number of nitrogens with zero attached hydrogens (tertiary/aromatic N) is 3. The van der Waals surface area contributed by atoms with Crippen LogP contribution in [0.5, 0.6) is 0 Å². The molecule has 1 N–H and O–H groups in total. The molecule has 20 heavy (non-hydrogen) atoms. The lowest BCUT2D eigenvalue weighted by Gasteiger charge is -1.99. The fraction of sp³-hybridized carbons (Fsp3) is 0.267. The SMILES string of the molecule is c1cnc2cc(-c3ncc(CNC4CC4)s3)ccc2n1. The van der Waals surface area contributed by atoms with Gasteiger partial charge in [-0.05, 0) is 31.0 Å². The molecule has 100 valence electrons. The zero-order valence-corrected chi connectivity index (χ0v) is 11.7. The quantitative estimate of drug-likeness (QED) is 0.799. The third-order valence-corrected chi connectivity index (χ3v) is 4.46. The molecule has 1 aliphatic rings. The average Bonchev–Trinajstić information content (AvgIpc) is 3.21. The van der Waals surface area contributed by atoms with Gasteiger partial charge < -0.3 is 5.32 Å². The highest BCUT2D eigenvalue weighted by atomic mass is 32.1. The number of fused-ring (bicyclic) bond motifs is 1. The molecule has 0 amide bonds. The molecule has 1 aliphatic carbocycles. The molecule has 0 unspecified atom stereocenters. The van der Waals surface area contributed by atoms with Crippen LogP contribution in [0.2, 0.25) is 0 Å². The Morgan fingerprint density at radius 2 is 1.95 bits per heavy atom. The van der Waals surface area contributed by atoms with Crippen LogP contribution in [0.25, 0.3) is 21.6 Å². The van der Waals surface area contributed by atoms with Crippen LogP contribution in [-0.2, 0) is 6.54 Å². The second kappa shape index (κ2) is 4.92. The van der Waals surface area contributed by atoms with Gasteiger partial charge in [0, 0.05) is 41.6 Å². The lowest BCUT2D eigenvalue weighted by molar-refractivity contribution is 0.694. The Morgan fingerprint density at radius 1 is 1.10 bits per heavy atom. The molecule has 0 aliphatic heterocycles. The Bertz CT molecular complexity index is 748. The molecule has 2 aromatic heterocycles. The summed E-state index contributed by atoms with van der Waals surface area (Å²) < 4.78 is 0. The summed E-state index contributed by atoms with van der Waals surface area (Å²) in [6.07, 6.45) is 8.03. The highest BCUT2D eigenvalue weighted by Gasteiger charge is 2.20. The molecule has 1 aromatic carbocycles. The minimum absolute atomic E-state index is 0.733. The van der Waals surface area contributed by atoms with Crippen molar-refractivity contribution in [2.45, 2.75) is 25.4 Å².